The number of thiazole rings is 1. The molecule has 9 heteroatoms. The predicted molar refractivity (Wildman–Crippen MR) is 117 cm³/mol. The minimum absolute atomic E-state index is 0.249. The highest BCUT2D eigenvalue weighted by molar-refractivity contribution is 9.10. The van der Waals surface area contributed by atoms with E-state index in [0.29, 0.717) is 45.4 Å². The minimum atomic E-state index is -0.333. The summed E-state index contributed by atoms with van der Waals surface area (Å²) >= 11 is 11.0. The Bertz CT molecular complexity index is 1160. The maximum Gasteiger partial charge on any atom is 0.261 e. The molecule has 1 amide bonds. The van der Waals surface area contributed by atoms with Crippen LogP contribution in [0.2, 0.25) is 5.02 Å². The van der Waals surface area contributed by atoms with Gasteiger partial charge in [0, 0.05) is 30.0 Å². The highest BCUT2D eigenvalue weighted by Crippen LogP contribution is 2.32. The van der Waals surface area contributed by atoms with Gasteiger partial charge in [0.2, 0.25) is 0 Å². The van der Waals surface area contributed by atoms with Gasteiger partial charge in [-0.05, 0) is 42.8 Å². The third-order valence-corrected chi connectivity index (χ3v) is 6.20. The Labute approximate surface area is 183 Å². The van der Waals surface area contributed by atoms with Crippen LogP contribution >= 0.6 is 38.9 Å². The first-order valence-electron chi connectivity index (χ1n) is 8.80. The lowest BCUT2D eigenvalue weighted by atomic mass is 10.2. The van der Waals surface area contributed by atoms with Gasteiger partial charge in [-0.3, -0.25) is 9.69 Å². The van der Waals surface area contributed by atoms with E-state index in [9.17, 15) is 9.18 Å². The minimum Gasteiger partial charge on any atom is -0.337 e. The van der Waals surface area contributed by atoms with Crippen LogP contribution in [0.25, 0.3) is 10.2 Å². The molecule has 2 aromatic heterocycles. The maximum absolute atomic E-state index is 13.6. The third kappa shape index (κ3) is 4.49. The number of benzene rings is 2. The molecule has 0 atom stereocenters. The van der Waals surface area contributed by atoms with Gasteiger partial charge in [-0.1, -0.05) is 38.9 Å². The number of carbonyl (C=O) groups excluding carboxylic acids is 1. The summed E-state index contributed by atoms with van der Waals surface area (Å²) in [5, 5.41) is 0.877. The van der Waals surface area contributed by atoms with Crippen LogP contribution in [0.3, 0.4) is 0 Å². The van der Waals surface area contributed by atoms with Gasteiger partial charge in [0.15, 0.2) is 5.13 Å². The second-order valence-corrected chi connectivity index (χ2v) is 8.68. The third-order valence-electron chi connectivity index (χ3n) is 4.33. The molecule has 0 saturated heterocycles. The number of hydrogen-bond acceptors (Lipinski definition) is 4. The van der Waals surface area contributed by atoms with Crippen LogP contribution in [0, 0.1) is 5.82 Å². The summed E-state index contributed by atoms with van der Waals surface area (Å²) in [6.07, 6.45) is 6.01. The number of anilines is 1. The molecular weight excluding hydrogens is 479 g/mol. The van der Waals surface area contributed by atoms with Crippen LogP contribution in [0.15, 0.2) is 59.6 Å². The lowest BCUT2D eigenvalue weighted by molar-refractivity contribution is 0.0986. The van der Waals surface area contributed by atoms with Crippen LogP contribution in [-0.4, -0.2) is 27.0 Å². The summed E-state index contributed by atoms with van der Waals surface area (Å²) in [6, 6.07) is 9.56. The van der Waals surface area contributed by atoms with E-state index >= 15 is 0 Å². The van der Waals surface area contributed by atoms with Crippen molar-refractivity contribution >= 4 is 60.1 Å². The van der Waals surface area contributed by atoms with Crippen molar-refractivity contribution in [2.75, 3.05) is 11.4 Å². The van der Waals surface area contributed by atoms with E-state index in [-0.39, 0.29) is 11.7 Å². The Morgan fingerprint density at radius 3 is 2.93 bits per heavy atom. The van der Waals surface area contributed by atoms with E-state index in [4.69, 9.17) is 11.6 Å². The molecule has 2 aromatic carbocycles. The number of aromatic nitrogens is 3. The molecule has 0 aliphatic carbocycles. The first kappa shape index (κ1) is 20.0. The summed E-state index contributed by atoms with van der Waals surface area (Å²) in [7, 11) is 0. The number of aryl methyl sites for hydroxylation is 1. The molecule has 2 heterocycles. The molecule has 0 bridgehead atoms. The largest absolute Gasteiger partial charge is 0.337 e. The van der Waals surface area contributed by atoms with E-state index in [1.807, 2.05) is 10.8 Å². The van der Waals surface area contributed by atoms with E-state index in [1.54, 1.807) is 41.7 Å². The topological polar surface area (TPSA) is 51.0 Å². The van der Waals surface area contributed by atoms with Crippen molar-refractivity contribution in [1.82, 2.24) is 14.5 Å². The summed E-state index contributed by atoms with van der Waals surface area (Å²) < 4.78 is 17.0. The fraction of sp³-hybridized carbons (Fsp3) is 0.150. The van der Waals surface area contributed by atoms with Gasteiger partial charge in [-0.25, -0.2) is 14.4 Å². The number of imidazole rings is 1. The Kier molecular flexibility index (Phi) is 5.94. The first-order valence-corrected chi connectivity index (χ1v) is 10.8. The van der Waals surface area contributed by atoms with Crippen molar-refractivity contribution in [2.45, 2.75) is 13.0 Å². The average molecular weight is 494 g/mol. The molecule has 5 nitrogen and oxygen atoms in total. The van der Waals surface area contributed by atoms with E-state index in [1.165, 1.54) is 23.5 Å². The standard InChI is InChI=1S/C20H15BrClFN4OS/c21-13-2-4-16(22)15(10-13)19(28)27(8-1-7-26-9-6-24-12-26)20-25-17-5-3-14(23)11-18(17)29-20/h2-6,9-12H,1,7-8H2. The zero-order valence-electron chi connectivity index (χ0n) is 15.1. The van der Waals surface area contributed by atoms with Crippen molar-refractivity contribution in [3.05, 3.63) is 76.0 Å². The van der Waals surface area contributed by atoms with Gasteiger partial charge in [-0.2, -0.15) is 0 Å². The second-order valence-electron chi connectivity index (χ2n) is 6.34. The van der Waals surface area contributed by atoms with Crippen molar-refractivity contribution in [3.8, 4) is 0 Å². The Hall–Kier alpha value is -2.29. The van der Waals surface area contributed by atoms with E-state index < -0.39 is 0 Å². The number of amides is 1. The second kappa shape index (κ2) is 8.61. The maximum atomic E-state index is 13.6. The van der Waals surface area contributed by atoms with Gasteiger partial charge < -0.3 is 4.57 Å². The fourth-order valence-corrected chi connectivity index (χ4v) is 4.50. The zero-order chi connectivity index (χ0) is 20.4. The Morgan fingerprint density at radius 1 is 1.28 bits per heavy atom. The molecule has 0 radical (unpaired) electrons. The molecule has 0 aliphatic rings. The van der Waals surface area contributed by atoms with E-state index in [2.05, 4.69) is 25.9 Å². The lowest BCUT2D eigenvalue weighted by Crippen LogP contribution is -2.32. The molecule has 0 aliphatic heterocycles. The SMILES string of the molecule is O=C(c1cc(Br)ccc1Cl)N(CCCn1ccnc1)c1nc2ccc(F)cc2s1. The highest BCUT2D eigenvalue weighted by atomic mass is 79.9. The molecule has 0 saturated carbocycles. The molecule has 0 fully saturated rings. The number of rotatable bonds is 6. The molecule has 0 N–H and O–H groups in total. The summed E-state index contributed by atoms with van der Waals surface area (Å²) in [5.41, 5.74) is 1.04. The molecular formula is C20H15BrClFN4OS. The fourth-order valence-electron chi connectivity index (χ4n) is 2.92. The monoisotopic (exact) mass is 492 g/mol. The van der Waals surface area contributed by atoms with Gasteiger partial charge >= 0.3 is 0 Å². The molecule has 29 heavy (non-hydrogen) atoms. The quantitative estimate of drug-likeness (QED) is 0.342. The van der Waals surface area contributed by atoms with Crippen LogP contribution in [0.4, 0.5) is 9.52 Å². The number of halogens is 3. The van der Waals surface area contributed by atoms with Crippen LogP contribution in [0.1, 0.15) is 16.8 Å². The van der Waals surface area contributed by atoms with Crippen LogP contribution in [-0.2, 0) is 6.54 Å². The van der Waals surface area contributed by atoms with Crippen molar-refractivity contribution in [1.29, 1.82) is 0 Å². The summed E-state index contributed by atoms with van der Waals surface area (Å²) in [5.74, 6) is -0.581. The molecule has 148 valence electrons. The van der Waals surface area contributed by atoms with Crippen LogP contribution in [0.5, 0.6) is 0 Å². The predicted octanol–water partition coefficient (Wildman–Crippen LogP) is 5.78. The highest BCUT2D eigenvalue weighted by Gasteiger charge is 2.23. The number of fused-ring (bicyclic) bond motifs is 1. The van der Waals surface area contributed by atoms with Crippen LogP contribution < -0.4 is 4.90 Å². The van der Waals surface area contributed by atoms with Crippen molar-refractivity contribution in [3.63, 3.8) is 0 Å². The van der Waals surface area contributed by atoms with Gasteiger partial charge in [0.1, 0.15) is 5.82 Å². The molecule has 0 spiro atoms. The normalized spacial score (nSPS) is 11.1. The zero-order valence-corrected chi connectivity index (χ0v) is 18.2. The summed E-state index contributed by atoms with van der Waals surface area (Å²) in [6.45, 7) is 1.14. The molecule has 4 aromatic rings. The first-order chi connectivity index (χ1) is 14.0. The molecule has 4 rings (SSSR count). The smallest absolute Gasteiger partial charge is 0.261 e. The van der Waals surface area contributed by atoms with Crippen molar-refractivity contribution < 1.29 is 9.18 Å². The van der Waals surface area contributed by atoms with Gasteiger partial charge in [-0.15, -0.1) is 0 Å². The lowest BCUT2D eigenvalue weighted by Gasteiger charge is -2.21. The van der Waals surface area contributed by atoms with E-state index in [0.717, 1.165) is 4.47 Å². The van der Waals surface area contributed by atoms with Crippen molar-refractivity contribution in [2.24, 2.45) is 0 Å². The Balaban J connectivity index is 1.67. The Morgan fingerprint density at radius 2 is 2.14 bits per heavy atom. The number of nitrogens with zero attached hydrogens (tertiary/aromatic N) is 4. The van der Waals surface area contributed by atoms with Gasteiger partial charge in [0.25, 0.3) is 5.91 Å². The molecule has 0 unspecified atom stereocenters. The summed E-state index contributed by atoms with van der Waals surface area (Å²) in [4.78, 5) is 23.5. The average Bonchev–Trinajstić information content (AvgIpc) is 3.36. The number of hydrogen-bond donors (Lipinski definition) is 0. The van der Waals surface area contributed by atoms with Gasteiger partial charge in [0.05, 0.1) is 27.1 Å². The number of carbonyl (C=O) groups is 1.